The molecule has 0 aliphatic heterocycles. The van der Waals surface area contributed by atoms with E-state index in [1.54, 1.807) is 24.3 Å². The molecule has 3 aromatic rings. The Kier molecular flexibility index (Phi) is 4.15. The Morgan fingerprint density at radius 2 is 1.79 bits per heavy atom. The van der Waals surface area contributed by atoms with Gasteiger partial charge in [0.15, 0.2) is 9.84 Å². The second-order valence-corrected chi connectivity index (χ2v) is 7.32. The van der Waals surface area contributed by atoms with Crippen LogP contribution >= 0.6 is 0 Å². The fraction of sp³-hybridized carbons (Fsp3) is 0.118. The van der Waals surface area contributed by atoms with Crippen LogP contribution in [0, 0.1) is 11.3 Å². The van der Waals surface area contributed by atoms with Crippen LogP contribution in [0.1, 0.15) is 5.56 Å². The van der Waals surface area contributed by atoms with Crippen molar-refractivity contribution in [2.75, 3.05) is 5.75 Å². The smallest absolute Gasteiger partial charge is 0.261 e. The molecule has 0 amide bonds. The zero-order valence-electron chi connectivity index (χ0n) is 12.6. The second-order valence-electron chi connectivity index (χ2n) is 5.22. The fourth-order valence-electron chi connectivity index (χ4n) is 2.34. The first-order chi connectivity index (χ1) is 11.5. The Morgan fingerprint density at radius 3 is 2.50 bits per heavy atom. The standard InChI is InChI=1S/C17H13N3O3S/c18-11-13-5-7-14(8-6-13)24(22,23)10-9-20-12-19-16-4-2-1-3-15(16)17(20)21/h1-8,12H,9-10H2. The summed E-state index contributed by atoms with van der Waals surface area (Å²) in [7, 11) is -3.55. The highest BCUT2D eigenvalue weighted by atomic mass is 32.2. The van der Waals surface area contributed by atoms with E-state index in [1.807, 2.05) is 6.07 Å². The molecular formula is C17H13N3O3S. The average molecular weight is 339 g/mol. The third kappa shape index (κ3) is 3.05. The first kappa shape index (κ1) is 15.9. The topological polar surface area (TPSA) is 92.8 Å². The normalized spacial score (nSPS) is 11.3. The minimum atomic E-state index is -3.55. The van der Waals surface area contributed by atoms with Crippen molar-refractivity contribution in [3.63, 3.8) is 0 Å². The molecule has 0 N–H and O–H groups in total. The Balaban J connectivity index is 1.86. The van der Waals surface area contributed by atoms with Gasteiger partial charge in [-0.2, -0.15) is 5.26 Å². The van der Waals surface area contributed by atoms with Crippen LogP contribution < -0.4 is 5.56 Å². The molecule has 0 atom stereocenters. The SMILES string of the molecule is N#Cc1ccc(S(=O)(=O)CCn2cnc3ccccc3c2=O)cc1. The zero-order chi connectivity index (χ0) is 17.2. The van der Waals surface area contributed by atoms with Crippen LogP contribution in [0.5, 0.6) is 0 Å². The molecule has 0 spiro atoms. The molecule has 2 aromatic carbocycles. The Hall–Kier alpha value is -2.98. The molecule has 1 aromatic heterocycles. The van der Waals surface area contributed by atoms with Crippen LogP contribution in [0.2, 0.25) is 0 Å². The van der Waals surface area contributed by atoms with E-state index in [1.165, 1.54) is 35.2 Å². The number of sulfone groups is 1. The Labute approximate surface area is 138 Å². The van der Waals surface area contributed by atoms with E-state index < -0.39 is 9.84 Å². The summed E-state index contributed by atoms with van der Waals surface area (Å²) in [6.07, 6.45) is 1.36. The summed E-state index contributed by atoms with van der Waals surface area (Å²) in [4.78, 5) is 16.7. The lowest BCUT2D eigenvalue weighted by atomic mass is 10.2. The van der Waals surface area contributed by atoms with Gasteiger partial charge in [0.05, 0.1) is 39.5 Å². The maximum Gasteiger partial charge on any atom is 0.261 e. The van der Waals surface area contributed by atoms with Crippen molar-refractivity contribution in [3.05, 3.63) is 70.8 Å². The lowest BCUT2D eigenvalue weighted by Gasteiger charge is -2.08. The van der Waals surface area contributed by atoms with Gasteiger partial charge in [-0.1, -0.05) is 12.1 Å². The lowest BCUT2D eigenvalue weighted by molar-refractivity contribution is 0.586. The molecule has 3 rings (SSSR count). The van der Waals surface area contributed by atoms with Gasteiger partial charge in [-0.25, -0.2) is 13.4 Å². The van der Waals surface area contributed by atoms with Crippen LogP contribution in [0.15, 0.2) is 64.5 Å². The summed E-state index contributed by atoms with van der Waals surface area (Å²) in [5.41, 5.74) is 0.702. The number of para-hydroxylation sites is 1. The number of benzene rings is 2. The van der Waals surface area contributed by atoms with Crippen LogP contribution in [-0.4, -0.2) is 23.7 Å². The number of rotatable bonds is 4. The average Bonchev–Trinajstić information content (AvgIpc) is 2.61. The van der Waals surface area contributed by atoms with Crippen LogP contribution in [0.4, 0.5) is 0 Å². The number of hydrogen-bond acceptors (Lipinski definition) is 5. The minimum Gasteiger partial charge on any atom is -0.298 e. The van der Waals surface area contributed by atoms with Gasteiger partial charge in [-0.15, -0.1) is 0 Å². The van der Waals surface area contributed by atoms with Crippen molar-refractivity contribution in [2.24, 2.45) is 0 Å². The maximum absolute atomic E-state index is 12.4. The zero-order valence-corrected chi connectivity index (χ0v) is 13.4. The summed E-state index contributed by atoms with van der Waals surface area (Å²) in [5, 5.41) is 9.21. The Bertz CT molecular complexity index is 1090. The van der Waals surface area contributed by atoms with Gasteiger partial charge in [0, 0.05) is 6.54 Å². The van der Waals surface area contributed by atoms with Gasteiger partial charge in [0.1, 0.15) is 0 Å². The van der Waals surface area contributed by atoms with Gasteiger partial charge in [0.2, 0.25) is 0 Å². The van der Waals surface area contributed by atoms with Gasteiger partial charge >= 0.3 is 0 Å². The summed E-state index contributed by atoms with van der Waals surface area (Å²) >= 11 is 0. The van der Waals surface area contributed by atoms with Gasteiger partial charge < -0.3 is 0 Å². The van der Waals surface area contributed by atoms with Gasteiger partial charge in [-0.3, -0.25) is 9.36 Å². The highest BCUT2D eigenvalue weighted by molar-refractivity contribution is 7.91. The molecular weight excluding hydrogens is 326 g/mol. The molecule has 0 unspecified atom stereocenters. The predicted molar refractivity (Wildman–Crippen MR) is 89.2 cm³/mol. The van der Waals surface area contributed by atoms with Crippen molar-refractivity contribution in [3.8, 4) is 6.07 Å². The molecule has 7 heteroatoms. The number of aromatic nitrogens is 2. The monoisotopic (exact) mass is 339 g/mol. The first-order valence-electron chi connectivity index (χ1n) is 7.18. The van der Waals surface area contributed by atoms with Crippen molar-refractivity contribution in [1.82, 2.24) is 9.55 Å². The number of nitrogens with zero attached hydrogens (tertiary/aromatic N) is 3. The fourth-order valence-corrected chi connectivity index (χ4v) is 3.56. The molecule has 1 heterocycles. The van der Waals surface area contributed by atoms with E-state index in [0.29, 0.717) is 16.5 Å². The van der Waals surface area contributed by atoms with E-state index in [2.05, 4.69) is 4.98 Å². The number of aryl methyl sites for hydroxylation is 1. The van der Waals surface area contributed by atoms with Crippen molar-refractivity contribution in [2.45, 2.75) is 11.4 Å². The summed E-state index contributed by atoms with van der Waals surface area (Å²) in [5.74, 6) is -0.223. The molecule has 6 nitrogen and oxygen atoms in total. The number of hydrogen-bond donors (Lipinski definition) is 0. The molecule has 120 valence electrons. The molecule has 0 saturated heterocycles. The van der Waals surface area contributed by atoms with Crippen LogP contribution in [0.25, 0.3) is 10.9 Å². The molecule has 0 aliphatic rings. The molecule has 0 radical (unpaired) electrons. The second kappa shape index (κ2) is 6.26. The van der Waals surface area contributed by atoms with Crippen molar-refractivity contribution in [1.29, 1.82) is 5.26 Å². The molecule has 0 saturated carbocycles. The lowest BCUT2D eigenvalue weighted by Crippen LogP contribution is -2.24. The Morgan fingerprint density at radius 1 is 1.08 bits per heavy atom. The van der Waals surface area contributed by atoms with E-state index in [4.69, 9.17) is 5.26 Å². The highest BCUT2D eigenvalue weighted by Crippen LogP contribution is 2.13. The van der Waals surface area contributed by atoms with Crippen molar-refractivity contribution >= 4 is 20.7 Å². The predicted octanol–water partition coefficient (Wildman–Crippen LogP) is 1.74. The number of nitriles is 1. The summed E-state index contributed by atoms with van der Waals surface area (Å²) in [6.45, 7) is 0.0129. The van der Waals surface area contributed by atoms with E-state index >= 15 is 0 Å². The van der Waals surface area contributed by atoms with E-state index in [-0.39, 0.29) is 22.8 Å². The van der Waals surface area contributed by atoms with Crippen LogP contribution in [-0.2, 0) is 16.4 Å². The van der Waals surface area contributed by atoms with E-state index in [0.717, 1.165) is 0 Å². The van der Waals surface area contributed by atoms with E-state index in [9.17, 15) is 13.2 Å². The third-order valence-corrected chi connectivity index (χ3v) is 5.39. The van der Waals surface area contributed by atoms with Crippen LogP contribution in [0.3, 0.4) is 0 Å². The highest BCUT2D eigenvalue weighted by Gasteiger charge is 2.15. The van der Waals surface area contributed by atoms with Gasteiger partial charge in [-0.05, 0) is 36.4 Å². The van der Waals surface area contributed by atoms with Crippen molar-refractivity contribution < 1.29 is 8.42 Å². The third-order valence-electron chi connectivity index (χ3n) is 3.67. The summed E-state index contributed by atoms with van der Waals surface area (Å²) in [6, 6.07) is 14.6. The summed E-state index contributed by atoms with van der Waals surface area (Å²) < 4.78 is 26.0. The maximum atomic E-state index is 12.4. The molecule has 0 bridgehead atoms. The minimum absolute atomic E-state index is 0.0129. The largest absolute Gasteiger partial charge is 0.298 e. The molecule has 0 fully saturated rings. The number of fused-ring (bicyclic) bond motifs is 1. The molecule has 0 aliphatic carbocycles. The molecule has 24 heavy (non-hydrogen) atoms. The first-order valence-corrected chi connectivity index (χ1v) is 8.83. The quantitative estimate of drug-likeness (QED) is 0.722. The van der Waals surface area contributed by atoms with Gasteiger partial charge in [0.25, 0.3) is 5.56 Å².